The van der Waals surface area contributed by atoms with Gasteiger partial charge in [0, 0.05) is 11.6 Å². The molecule has 4 heterocycles. The van der Waals surface area contributed by atoms with E-state index in [0.29, 0.717) is 23.9 Å². The van der Waals surface area contributed by atoms with Gasteiger partial charge < -0.3 is 14.6 Å². The van der Waals surface area contributed by atoms with Gasteiger partial charge in [-0.2, -0.15) is 18.3 Å². The number of carbonyl (C=O) groups excluding carboxylic acids is 1. The zero-order valence-electron chi connectivity index (χ0n) is 17.3. The maximum atomic E-state index is 14.2. The molecule has 0 saturated heterocycles. The van der Waals surface area contributed by atoms with Crippen molar-refractivity contribution >= 4 is 11.7 Å². The third-order valence-corrected chi connectivity index (χ3v) is 5.26. The van der Waals surface area contributed by atoms with Gasteiger partial charge in [0.2, 0.25) is 0 Å². The second-order valence-corrected chi connectivity index (χ2v) is 7.54. The summed E-state index contributed by atoms with van der Waals surface area (Å²) in [5, 5.41) is 10.4. The topological polar surface area (TPSA) is 108 Å². The van der Waals surface area contributed by atoms with E-state index in [1.54, 1.807) is 30.3 Å². The van der Waals surface area contributed by atoms with E-state index in [-0.39, 0.29) is 29.6 Å². The Morgan fingerprint density at radius 1 is 1.18 bits per heavy atom. The van der Waals surface area contributed by atoms with Crippen LogP contribution in [-0.2, 0) is 11.3 Å². The lowest BCUT2D eigenvalue weighted by Crippen LogP contribution is -2.58. The molecule has 1 aliphatic heterocycles. The standard InChI is InChI=1S/C21H14F4N6O3/c1-20(21(23,24)25)19(32)28-18-16(34-20)9-26-17(27-18)14-8-15(13-6-7-33-30-13)31(29-14)10-11-4-2-3-5-12(11)22/h2-9H,10H2,1H3,(H,26,27,28,32). The van der Waals surface area contributed by atoms with Crippen LogP contribution >= 0.6 is 0 Å². The minimum atomic E-state index is -4.95. The fraction of sp³-hybridized carbons (Fsp3) is 0.190. The molecule has 9 nitrogen and oxygen atoms in total. The van der Waals surface area contributed by atoms with Crippen LogP contribution in [0.2, 0.25) is 0 Å². The van der Waals surface area contributed by atoms with Gasteiger partial charge in [-0.15, -0.1) is 0 Å². The second kappa shape index (κ2) is 7.64. The zero-order chi connectivity index (χ0) is 24.1. The van der Waals surface area contributed by atoms with Crippen molar-refractivity contribution in [2.24, 2.45) is 0 Å². The van der Waals surface area contributed by atoms with Crippen LogP contribution in [0.15, 0.2) is 53.4 Å². The van der Waals surface area contributed by atoms with Gasteiger partial charge in [0.1, 0.15) is 23.5 Å². The van der Waals surface area contributed by atoms with E-state index in [0.717, 1.165) is 6.20 Å². The van der Waals surface area contributed by atoms with Gasteiger partial charge in [-0.3, -0.25) is 9.48 Å². The first-order valence-corrected chi connectivity index (χ1v) is 9.82. The van der Waals surface area contributed by atoms with Crippen molar-refractivity contribution < 1.29 is 31.6 Å². The summed E-state index contributed by atoms with van der Waals surface area (Å²) in [6.07, 6.45) is -2.58. The fourth-order valence-electron chi connectivity index (χ4n) is 3.32. The quantitative estimate of drug-likeness (QED) is 0.448. The predicted molar refractivity (Wildman–Crippen MR) is 108 cm³/mol. The summed E-state index contributed by atoms with van der Waals surface area (Å²) in [5.41, 5.74) is -1.65. The Bertz CT molecular complexity index is 1390. The fourth-order valence-corrected chi connectivity index (χ4v) is 3.32. The van der Waals surface area contributed by atoms with E-state index in [9.17, 15) is 22.4 Å². The highest BCUT2D eigenvalue weighted by Gasteiger charge is 2.61. The SMILES string of the molecule is CC1(C(F)(F)F)Oc2cnc(-c3cc(-c4ccon4)n(Cc4ccccc4F)n3)nc2NC1=O. The number of nitrogens with zero attached hydrogens (tertiary/aromatic N) is 5. The Morgan fingerprint density at radius 2 is 1.97 bits per heavy atom. The lowest BCUT2D eigenvalue weighted by atomic mass is 10.0. The van der Waals surface area contributed by atoms with Crippen LogP contribution in [0.1, 0.15) is 12.5 Å². The predicted octanol–water partition coefficient (Wildman–Crippen LogP) is 3.83. The Labute approximate surface area is 188 Å². The summed E-state index contributed by atoms with van der Waals surface area (Å²) in [5.74, 6) is -2.42. The number of fused-ring (bicyclic) bond motifs is 1. The van der Waals surface area contributed by atoms with Gasteiger partial charge in [0.15, 0.2) is 17.4 Å². The summed E-state index contributed by atoms with van der Waals surface area (Å²) in [7, 11) is 0. The highest BCUT2D eigenvalue weighted by atomic mass is 19.4. The Balaban J connectivity index is 1.53. The number of rotatable bonds is 4. The number of nitrogens with one attached hydrogen (secondary N) is 1. The van der Waals surface area contributed by atoms with E-state index in [1.807, 2.05) is 0 Å². The molecule has 1 aliphatic rings. The van der Waals surface area contributed by atoms with Gasteiger partial charge in [-0.25, -0.2) is 14.4 Å². The second-order valence-electron chi connectivity index (χ2n) is 7.54. The van der Waals surface area contributed by atoms with Crippen LogP contribution in [0.5, 0.6) is 5.75 Å². The number of benzene rings is 1. The van der Waals surface area contributed by atoms with Crippen LogP contribution in [-0.4, -0.2) is 42.6 Å². The minimum absolute atomic E-state index is 0.00436. The molecule has 0 bridgehead atoms. The van der Waals surface area contributed by atoms with E-state index < -0.39 is 23.5 Å². The number of carbonyl (C=O) groups is 1. The van der Waals surface area contributed by atoms with Crippen LogP contribution < -0.4 is 10.1 Å². The third-order valence-electron chi connectivity index (χ3n) is 5.26. The van der Waals surface area contributed by atoms with Crippen molar-refractivity contribution in [1.29, 1.82) is 0 Å². The molecule has 4 aromatic rings. The van der Waals surface area contributed by atoms with Crippen molar-refractivity contribution in [3.63, 3.8) is 0 Å². The molecular weight excluding hydrogens is 460 g/mol. The summed E-state index contributed by atoms with van der Waals surface area (Å²) in [6, 6.07) is 9.31. The molecule has 0 saturated carbocycles. The molecule has 0 spiro atoms. The average molecular weight is 474 g/mol. The normalized spacial score (nSPS) is 17.7. The van der Waals surface area contributed by atoms with Crippen LogP contribution in [0.25, 0.3) is 22.9 Å². The van der Waals surface area contributed by atoms with Gasteiger partial charge in [-0.05, 0) is 19.1 Å². The number of halogens is 4. The summed E-state index contributed by atoms with van der Waals surface area (Å²) < 4.78 is 65.5. The molecule has 34 heavy (non-hydrogen) atoms. The highest BCUT2D eigenvalue weighted by Crippen LogP contribution is 2.41. The zero-order valence-corrected chi connectivity index (χ0v) is 17.3. The molecule has 0 fully saturated rings. The lowest BCUT2D eigenvalue weighted by Gasteiger charge is -2.34. The van der Waals surface area contributed by atoms with Crippen molar-refractivity contribution in [1.82, 2.24) is 24.9 Å². The molecule has 5 rings (SSSR count). The Hall–Kier alpha value is -4.29. The summed E-state index contributed by atoms with van der Waals surface area (Å²) in [4.78, 5) is 20.3. The molecule has 3 aromatic heterocycles. The number of hydrogen-bond acceptors (Lipinski definition) is 7. The minimum Gasteiger partial charge on any atom is -0.462 e. The molecule has 174 valence electrons. The first-order chi connectivity index (χ1) is 16.2. The number of alkyl halides is 3. The molecule has 1 N–H and O–H groups in total. The molecule has 13 heteroatoms. The van der Waals surface area contributed by atoms with E-state index in [4.69, 9.17) is 9.26 Å². The maximum absolute atomic E-state index is 14.2. The third kappa shape index (κ3) is 3.54. The molecule has 1 amide bonds. The lowest BCUT2D eigenvalue weighted by molar-refractivity contribution is -0.234. The first-order valence-electron chi connectivity index (χ1n) is 9.82. The van der Waals surface area contributed by atoms with Crippen LogP contribution in [0, 0.1) is 5.82 Å². The maximum Gasteiger partial charge on any atom is 0.437 e. The number of amides is 1. The number of aromatic nitrogens is 5. The van der Waals surface area contributed by atoms with Gasteiger partial charge >= 0.3 is 6.18 Å². The van der Waals surface area contributed by atoms with E-state index >= 15 is 0 Å². The average Bonchev–Trinajstić information content (AvgIpc) is 3.45. The monoisotopic (exact) mass is 474 g/mol. The number of hydrogen-bond donors (Lipinski definition) is 1. The van der Waals surface area contributed by atoms with Crippen LogP contribution in [0.4, 0.5) is 23.4 Å². The van der Waals surface area contributed by atoms with Crippen molar-refractivity contribution in [3.05, 3.63) is 60.2 Å². The Kier molecular flexibility index (Phi) is 4.84. The molecule has 1 aromatic carbocycles. The van der Waals surface area contributed by atoms with Crippen molar-refractivity contribution in [2.75, 3.05) is 5.32 Å². The smallest absolute Gasteiger partial charge is 0.437 e. The summed E-state index contributed by atoms with van der Waals surface area (Å²) >= 11 is 0. The summed E-state index contributed by atoms with van der Waals surface area (Å²) in [6.45, 7) is 0.664. The number of ether oxygens (including phenoxy) is 1. The molecule has 0 aliphatic carbocycles. The van der Waals surface area contributed by atoms with Gasteiger partial charge in [0.05, 0.1) is 18.4 Å². The van der Waals surface area contributed by atoms with Gasteiger partial charge in [-0.1, -0.05) is 23.4 Å². The van der Waals surface area contributed by atoms with Crippen molar-refractivity contribution in [2.45, 2.75) is 25.2 Å². The van der Waals surface area contributed by atoms with Crippen molar-refractivity contribution in [3.8, 4) is 28.7 Å². The Morgan fingerprint density at radius 3 is 2.68 bits per heavy atom. The first kappa shape index (κ1) is 21.6. The molecule has 1 atom stereocenters. The molecular formula is C21H14F4N6O3. The van der Waals surface area contributed by atoms with Gasteiger partial charge in [0.25, 0.3) is 11.5 Å². The van der Waals surface area contributed by atoms with E-state index in [1.165, 1.54) is 17.0 Å². The van der Waals surface area contributed by atoms with Crippen LogP contribution in [0.3, 0.4) is 0 Å². The molecule has 0 radical (unpaired) electrons. The molecule has 1 unspecified atom stereocenters. The highest BCUT2D eigenvalue weighted by molar-refractivity contribution is 6.00. The van der Waals surface area contributed by atoms with E-state index in [2.05, 4.69) is 25.5 Å². The number of anilines is 1. The largest absolute Gasteiger partial charge is 0.462 e.